The zero-order valence-electron chi connectivity index (χ0n) is 14.5. The summed E-state index contributed by atoms with van der Waals surface area (Å²) in [6.45, 7) is 0.315. The molecule has 1 heterocycles. The number of fused-ring (bicyclic) bond motifs is 1. The van der Waals surface area contributed by atoms with E-state index in [1.54, 1.807) is 0 Å². The maximum absolute atomic E-state index is 12.9. The highest BCUT2D eigenvalue weighted by Crippen LogP contribution is 2.35. The summed E-state index contributed by atoms with van der Waals surface area (Å²) in [6, 6.07) is 11.5. The summed E-state index contributed by atoms with van der Waals surface area (Å²) >= 11 is 0. The van der Waals surface area contributed by atoms with Crippen molar-refractivity contribution in [1.82, 2.24) is 5.32 Å². The summed E-state index contributed by atoms with van der Waals surface area (Å²) in [6.07, 6.45) is -4.73. The van der Waals surface area contributed by atoms with E-state index in [1.807, 2.05) is 30.3 Å². The monoisotopic (exact) mass is 411 g/mol. The Labute approximate surface area is 159 Å². The number of nitrogens with zero attached hydrogens (tertiary/aromatic N) is 1. The quantitative estimate of drug-likeness (QED) is 0.790. The third-order valence-corrected chi connectivity index (χ3v) is 5.39. The molecular formula is C18H16F3N3O3S. The van der Waals surface area contributed by atoms with Gasteiger partial charge in [0.05, 0.1) is 11.3 Å². The molecule has 6 nitrogen and oxygen atoms in total. The minimum absolute atomic E-state index is 0.0600. The minimum Gasteiger partial charge on any atom is -0.352 e. The molecule has 2 N–H and O–H groups in total. The molecule has 10 heteroatoms. The maximum Gasteiger partial charge on any atom is 0.416 e. The van der Waals surface area contributed by atoms with Crippen LogP contribution in [0.25, 0.3) is 0 Å². The predicted molar refractivity (Wildman–Crippen MR) is 97.2 cm³/mol. The predicted octanol–water partition coefficient (Wildman–Crippen LogP) is 3.31. The number of hydrogen-bond donors (Lipinski definition) is 2. The Morgan fingerprint density at radius 2 is 1.82 bits per heavy atom. The van der Waals surface area contributed by atoms with E-state index in [0.29, 0.717) is 12.6 Å². The van der Waals surface area contributed by atoms with Crippen LogP contribution in [0.2, 0.25) is 0 Å². The van der Waals surface area contributed by atoms with E-state index < -0.39 is 21.8 Å². The number of rotatable bonds is 5. The summed E-state index contributed by atoms with van der Waals surface area (Å²) in [7, 11) is -4.13. The molecule has 1 amide bonds. The third kappa shape index (κ3) is 4.69. The van der Waals surface area contributed by atoms with E-state index in [1.165, 1.54) is 0 Å². The first-order valence-electron chi connectivity index (χ1n) is 8.28. The average molecular weight is 411 g/mol. The molecule has 0 unspecified atom stereocenters. The molecule has 148 valence electrons. The molecule has 0 saturated heterocycles. The Balaban J connectivity index is 1.66. The zero-order chi connectivity index (χ0) is 20.4. The Morgan fingerprint density at radius 3 is 2.50 bits per heavy atom. The second-order valence-corrected chi connectivity index (χ2v) is 7.68. The Hall–Kier alpha value is -2.88. The lowest BCUT2D eigenvalue weighted by atomic mass is 10.2. The van der Waals surface area contributed by atoms with Gasteiger partial charge in [-0.15, -0.1) is 4.40 Å². The smallest absolute Gasteiger partial charge is 0.352 e. The van der Waals surface area contributed by atoms with Gasteiger partial charge in [-0.2, -0.15) is 21.6 Å². The summed E-state index contributed by atoms with van der Waals surface area (Å²) in [5.74, 6) is -0.415. The molecule has 0 saturated carbocycles. The van der Waals surface area contributed by atoms with Gasteiger partial charge in [0, 0.05) is 19.4 Å². The van der Waals surface area contributed by atoms with Crippen LogP contribution in [-0.4, -0.2) is 20.2 Å². The van der Waals surface area contributed by atoms with Crippen molar-refractivity contribution in [2.24, 2.45) is 4.40 Å². The summed E-state index contributed by atoms with van der Waals surface area (Å²) in [4.78, 5) is 11.6. The molecule has 0 aromatic heterocycles. The van der Waals surface area contributed by atoms with Gasteiger partial charge in [-0.25, -0.2) is 0 Å². The lowest BCUT2D eigenvalue weighted by Crippen LogP contribution is -2.26. The first-order chi connectivity index (χ1) is 13.1. The van der Waals surface area contributed by atoms with Gasteiger partial charge >= 0.3 is 6.18 Å². The van der Waals surface area contributed by atoms with Crippen molar-refractivity contribution in [2.75, 3.05) is 5.32 Å². The Kier molecular flexibility index (Phi) is 5.41. The molecule has 0 radical (unpaired) electrons. The van der Waals surface area contributed by atoms with Crippen molar-refractivity contribution in [3.8, 4) is 0 Å². The highest BCUT2D eigenvalue weighted by molar-refractivity contribution is 7.90. The number of anilines is 1. The lowest BCUT2D eigenvalue weighted by Gasteiger charge is -2.19. The topological polar surface area (TPSA) is 87.6 Å². The Bertz CT molecular complexity index is 1020. The molecule has 2 aromatic carbocycles. The minimum atomic E-state index is -4.60. The SMILES string of the molecule is O=C(CCC1=NS(=O)(=O)c2ccc(C(F)(F)F)cc2N1)NCc1ccccc1. The highest BCUT2D eigenvalue weighted by Gasteiger charge is 2.33. The number of carbonyl (C=O) groups is 1. The molecule has 28 heavy (non-hydrogen) atoms. The first-order valence-corrected chi connectivity index (χ1v) is 9.72. The van der Waals surface area contributed by atoms with Gasteiger partial charge in [-0.3, -0.25) is 4.79 Å². The van der Waals surface area contributed by atoms with Crippen molar-refractivity contribution < 1.29 is 26.4 Å². The second kappa shape index (κ2) is 7.63. The lowest BCUT2D eigenvalue weighted by molar-refractivity contribution is -0.137. The van der Waals surface area contributed by atoms with Crippen LogP contribution in [0.3, 0.4) is 0 Å². The van der Waals surface area contributed by atoms with E-state index in [-0.39, 0.29) is 35.2 Å². The number of amidine groups is 1. The van der Waals surface area contributed by atoms with Crippen molar-refractivity contribution >= 4 is 27.5 Å². The molecule has 3 rings (SSSR count). The fraction of sp³-hybridized carbons (Fsp3) is 0.222. The molecule has 2 aromatic rings. The van der Waals surface area contributed by atoms with E-state index in [4.69, 9.17) is 0 Å². The maximum atomic E-state index is 12.9. The van der Waals surface area contributed by atoms with Crippen molar-refractivity contribution in [3.63, 3.8) is 0 Å². The number of hydrogen-bond acceptors (Lipinski definition) is 4. The Morgan fingerprint density at radius 1 is 1.11 bits per heavy atom. The normalized spacial score (nSPS) is 15.2. The number of alkyl halides is 3. The summed E-state index contributed by atoms with van der Waals surface area (Å²) < 4.78 is 66.5. The van der Waals surface area contributed by atoms with Gasteiger partial charge in [0.25, 0.3) is 10.0 Å². The molecule has 0 atom stereocenters. The van der Waals surface area contributed by atoms with Crippen LogP contribution in [0.1, 0.15) is 24.0 Å². The van der Waals surface area contributed by atoms with E-state index in [0.717, 1.165) is 17.7 Å². The molecule has 1 aliphatic heterocycles. The van der Waals surface area contributed by atoms with Crippen LogP contribution < -0.4 is 10.6 Å². The van der Waals surface area contributed by atoms with Gasteiger partial charge in [0.2, 0.25) is 5.91 Å². The number of carbonyl (C=O) groups excluding carboxylic acids is 1. The van der Waals surface area contributed by atoms with Crippen LogP contribution in [0.15, 0.2) is 57.8 Å². The fourth-order valence-corrected chi connectivity index (χ4v) is 3.78. The summed E-state index contributed by atoms with van der Waals surface area (Å²) in [5, 5.41) is 5.27. The van der Waals surface area contributed by atoms with Crippen LogP contribution in [0.4, 0.5) is 18.9 Å². The van der Waals surface area contributed by atoms with Gasteiger partial charge in [0.1, 0.15) is 10.7 Å². The highest BCUT2D eigenvalue weighted by atomic mass is 32.2. The van der Waals surface area contributed by atoms with E-state index in [2.05, 4.69) is 15.0 Å². The molecule has 1 aliphatic rings. The van der Waals surface area contributed by atoms with Crippen LogP contribution in [-0.2, 0) is 27.5 Å². The number of halogens is 3. The van der Waals surface area contributed by atoms with E-state index in [9.17, 15) is 26.4 Å². The van der Waals surface area contributed by atoms with Gasteiger partial charge in [-0.05, 0) is 23.8 Å². The largest absolute Gasteiger partial charge is 0.416 e. The van der Waals surface area contributed by atoms with Crippen molar-refractivity contribution in [3.05, 3.63) is 59.7 Å². The van der Waals surface area contributed by atoms with Gasteiger partial charge in [-0.1, -0.05) is 30.3 Å². The number of benzene rings is 2. The number of nitrogens with one attached hydrogen (secondary N) is 2. The third-order valence-electron chi connectivity index (χ3n) is 4.02. The van der Waals surface area contributed by atoms with Gasteiger partial charge < -0.3 is 10.6 Å². The summed E-state index contributed by atoms with van der Waals surface area (Å²) in [5.41, 5.74) is -0.277. The standard InChI is InChI=1S/C18H16F3N3O3S/c19-18(20,21)13-6-7-15-14(10-13)23-16(24-28(15,26)27)8-9-17(25)22-11-12-4-2-1-3-5-12/h1-7,10H,8-9,11H2,(H,22,25)(H,23,24). The van der Waals surface area contributed by atoms with Crippen LogP contribution in [0, 0.1) is 0 Å². The molecule has 0 aliphatic carbocycles. The molecule has 0 spiro atoms. The zero-order valence-corrected chi connectivity index (χ0v) is 15.3. The van der Waals surface area contributed by atoms with Crippen molar-refractivity contribution in [2.45, 2.75) is 30.5 Å². The van der Waals surface area contributed by atoms with Crippen LogP contribution in [0.5, 0.6) is 0 Å². The van der Waals surface area contributed by atoms with E-state index >= 15 is 0 Å². The molecule has 0 bridgehead atoms. The molecule has 0 fully saturated rings. The second-order valence-electron chi connectivity index (χ2n) is 6.11. The average Bonchev–Trinajstić information content (AvgIpc) is 2.64. The fourth-order valence-electron chi connectivity index (χ4n) is 2.63. The number of sulfonamides is 1. The van der Waals surface area contributed by atoms with Gasteiger partial charge in [0.15, 0.2) is 0 Å². The first kappa shape index (κ1) is 19.9. The van der Waals surface area contributed by atoms with Crippen molar-refractivity contribution in [1.29, 1.82) is 0 Å². The molecular weight excluding hydrogens is 395 g/mol. The van der Waals surface area contributed by atoms with Crippen LogP contribution >= 0.6 is 0 Å². The number of amides is 1.